The van der Waals surface area contributed by atoms with Crippen LogP contribution in [0.1, 0.15) is 11.1 Å². The Labute approximate surface area is 166 Å². The zero-order valence-electron chi connectivity index (χ0n) is 15.8. The Morgan fingerprint density at radius 1 is 1.00 bits per heavy atom. The molecule has 1 heterocycles. The van der Waals surface area contributed by atoms with Gasteiger partial charge in [0.1, 0.15) is 5.75 Å². The lowest BCUT2D eigenvalue weighted by Crippen LogP contribution is -2.36. The van der Waals surface area contributed by atoms with Crippen molar-refractivity contribution in [3.8, 4) is 5.75 Å². The molecular formula is C21H21F3N4O. The number of rotatable bonds is 6. The van der Waals surface area contributed by atoms with E-state index in [4.69, 9.17) is 4.74 Å². The van der Waals surface area contributed by atoms with Crippen LogP contribution in [0.15, 0.2) is 65.8 Å². The molecule has 5 nitrogen and oxygen atoms in total. The number of pyridine rings is 1. The number of halogens is 3. The van der Waals surface area contributed by atoms with Gasteiger partial charge in [0.15, 0.2) is 12.6 Å². The Morgan fingerprint density at radius 2 is 1.72 bits per heavy atom. The van der Waals surface area contributed by atoms with Crippen LogP contribution in [0.5, 0.6) is 5.75 Å². The van der Waals surface area contributed by atoms with Crippen LogP contribution >= 0.6 is 0 Å². The average molecular weight is 402 g/mol. The van der Waals surface area contributed by atoms with Gasteiger partial charge in [-0.15, -0.1) is 0 Å². The predicted molar refractivity (Wildman–Crippen MR) is 107 cm³/mol. The number of aliphatic imine (C=N–C) groups is 1. The van der Waals surface area contributed by atoms with Crippen molar-refractivity contribution in [2.75, 3.05) is 13.7 Å². The van der Waals surface area contributed by atoms with Gasteiger partial charge in [-0.2, -0.15) is 13.2 Å². The molecule has 0 aliphatic heterocycles. The average Bonchev–Trinajstić information content (AvgIpc) is 2.72. The van der Waals surface area contributed by atoms with Crippen molar-refractivity contribution in [1.82, 2.24) is 15.6 Å². The lowest BCUT2D eigenvalue weighted by atomic mass is 10.1. The van der Waals surface area contributed by atoms with Crippen molar-refractivity contribution in [3.05, 3.63) is 71.9 Å². The Hall–Kier alpha value is -3.29. The zero-order chi connectivity index (χ0) is 20.7. The van der Waals surface area contributed by atoms with E-state index in [0.717, 1.165) is 22.0 Å². The molecule has 0 radical (unpaired) electrons. The van der Waals surface area contributed by atoms with Crippen LogP contribution in [0.2, 0.25) is 0 Å². The summed E-state index contributed by atoms with van der Waals surface area (Å²) < 4.78 is 41.3. The fraction of sp³-hybridized carbons (Fsp3) is 0.238. The first-order valence-electron chi connectivity index (χ1n) is 9.00. The second kappa shape index (κ2) is 9.27. The first-order chi connectivity index (χ1) is 13.9. The molecule has 0 amide bonds. The summed E-state index contributed by atoms with van der Waals surface area (Å²) in [7, 11) is 1.67. The van der Waals surface area contributed by atoms with Crippen molar-refractivity contribution < 1.29 is 17.9 Å². The molecule has 0 aliphatic carbocycles. The third kappa shape index (κ3) is 6.10. The molecule has 29 heavy (non-hydrogen) atoms. The fourth-order valence-electron chi connectivity index (χ4n) is 2.76. The summed E-state index contributed by atoms with van der Waals surface area (Å²) in [6.07, 6.45) is -2.58. The standard InChI is InChI=1S/C21H21F3N4O/c1-25-20(28-13-17-5-2-4-16-6-3-11-26-19(16)17)27-12-15-7-9-18(10-8-15)29-14-21(22,23)24/h2-11H,12-14H2,1H3,(H2,25,27,28). The Kier molecular flexibility index (Phi) is 6.54. The molecule has 3 rings (SSSR count). The largest absolute Gasteiger partial charge is 0.484 e. The third-order valence-corrected chi connectivity index (χ3v) is 4.17. The molecule has 0 bridgehead atoms. The number of benzene rings is 2. The van der Waals surface area contributed by atoms with E-state index in [9.17, 15) is 13.2 Å². The molecule has 2 aromatic carbocycles. The summed E-state index contributed by atoms with van der Waals surface area (Å²) in [5.41, 5.74) is 2.88. The summed E-state index contributed by atoms with van der Waals surface area (Å²) in [5.74, 6) is 0.785. The smallest absolute Gasteiger partial charge is 0.422 e. The SMILES string of the molecule is CN=C(NCc1ccc(OCC(F)(F)F)cc1)NCc1cccc2cccnc12. The molecule has 0 atom stereocenters. The van der Waals surface area contributed by atoms with Crippen LogP contribution in [0.25, 0.3) is 10.9 Å². The van der Waals surface area contributed by atoms with E-state index in [1.807, 2.05) is 30.3 Å². The highest BCUT2D eigenvalue weighted by molar-refractivity contribution is 5.83. The Morgan fingerprint density at radius 3 is 2.45 bits per heavy atom. The lowest BCUT2D eigenvalue weighted by Gasteiger charge is -2.13. The van der Waals surface area contributed by atoms with E-state index in [2.05, 4.69) is 20.6 Å². The summed E-state index contributed by atoms with van der Waals surface area (Å²) in [5, 5.41) is 7.49. The third-order valence-electron chi connectivity index (χ3n) is 4.17. The number of para-hydroxylation sites is 1. The van der Waals surface area contributed by atoms with Gasteiger partial charge < -0.3 is 15.4 Å². The predicted octanol–water partition coefficient (Wildman–Crippen LogP) is 4.04. The molecule has 8 heteroatoms. The van der Waals surface area contributed by atoms with Crippen LogP contribution in [-0.2, 0) is 13.1 Å². The minimum atomic E-state index is -4.35. The first kappa shape index (κ1) is 20.4. The van der Waals surface area contributed by atoms with Crippen molar-refractivity contribution in [2.45, 2.75) is 19.3 Å². The van der Waals surface area contributed by atoms with E-state index in [0.29, 0.717) is 19.0 Å². The highest BCUT2D eigenvalue weighted by Crippen LogP contribution is 2.19. The number of nitrogens with zero attached hydrogens (tertiary/aromatic N) is 2. The maximum atomic E-state index is 12.2. The van der Waals surface area contributed by atoms with Gasteiger partial charge in [-0.1, -0.05) is 36.4 Å². The van der Waals surface area contributed by atoms with Crippen molar-refractivity contribution in [2.24, 2.45) is 4.99 Å². The molecule has 0 unspecified atom stereocenters. The van der Waals surface area contributed by atoms with Crippen LogP contribution in [0.3, 0.4) is 0 Å². The van der Waals surface area contributed by atoms with Crippen LogP contribution < -0.4 is 15.4 Å². The maximum Gasteiger partial charge on any atom is 0.422 e. The molecule has 0 aliphatic rings. The van der Waals surface area contributed by atoms with Gasteiger partial charge in [0, 0.05) is 31.7 Å². The van der Waals surface area contributed by atoms with Crippen molar-refractivity contribution >= 4 is 16.9 Å². The number of ether oxygens (including phenoxy) is 1. The maximum absolute atomic E-state index is 12.2. The van der Waals surface area contributed by atoms with Gasteiger partial charge in [0.05, 0.1) is 5.52 Å². The minimum absolute atomic E-state index is 0.178. The Balaban J connectivity index is 1.53. The number of aromatic nitrogens is 1. The van der Waals surface area contributed by atoms with E-state index < -0.39 is 12.8 Å². The molecule has 0 saturated carbocycles. The fourth-order valence-corrected chi connectivity index (χ4v) is 2.76. The summed E-state index contributed by atoms with van der Waals surface area (Å²) in [6, 6.07) is 16.4. The first-order valence-corrected chi connectivity index (χ1v) is 9.00. The van der Waals surface area contributed by atoms with E-state index in [1.54, 1.807) is 25.4 Å². The summed E-state index contributed by atoms with van der Waals surface area (Å²) in [4.78, 5) is 8.63. The van der Waals surface area contributed by atoms with Gasteiger partial charge in [-0.25, -0.2) is 0 Å². The highest BCUT2D eigenvalue weighted by atomic mass is 19.4. The van der Waals surface area contributed by atoms with Gasteiger partial charge >= 0.3 is 6.18 Å². The molecule has 152 valence electrons. The molecule has 3 aromatic rings. The number of fused-ring (bicyclic) bond motifs is 1. The topological polar surface area (TPSA) is 58.5 Å². The van der Waals surface area contributed by atoms with Crippen molar-refractivity contribution in [3.63, 3.8) is 0 Å². The number of guanidine groups is 1. The second-order valence-electron chi connectivity index (χ2n) is 6.32. The molecule has 0 fully saturated rings. The number of hydrogen-bond acceptors (Lipinski definition) is 3. The molecule has 0 saturated heterocycles. The van der Waals surface area contributed by atoms with Crippen LogP contribution in [0, 0.1) is 0 Å². The number of nitrogens with one attached hydrogen (secondary N) is 2. The normalized spacial score (nSPS) is 12.1. The summed E-state index contributed by atoms with van der Waals surface area (Å²) >= 11 is 0. The molecule has 1 aromatic heterocycles. The number of alkyl halides is 3. The minimum Gasteiger partial charge on any atom is -0.484 e. The quantitative estimate of drug-likeness (QED) is 0.483. The highest BCUT2D eigenvalue weighted by Gasteiger charge is 2.28. The number of hydrogen-bond donors (Lipinski definition) is 2. The zero-order valence-corrected chi connectivity index (χ0v) is 15.8. The van der Waals surface area contributed by atoms with Crippen LogP contribution in [0.4, 0.5) is 13.2 Å². The monoisotopic (exact) mass is 402 g/mol. The van der Waals surface area contributed by atoms with Gasteiger partial charge in [0.2, 0.25) is 0 Å². The van der Waals surface area contributed by atoms with E-state index in [1.165, 1.54) is 12.1 Å². The van der Waals surface area contributed by atoms with Gasteiger partial charge in [-0.05, 0) is 29.3 Å². The van der Waals surface area contributed by atoms with E-state index >= 15 is 0 Å². The van der Waals surface area contributed by atoms with Crippen molar-refractivity contribution in [1.29, 1.82) is 0 Å². The summed E-state index contributed by atoms with van der Waals surface area (Å²) in [6.45, 7) is -0.282. The van der Waals surface area contributed by atoms with Gasteiger partial charge in [0.25, 0.3) is 0 Å². The Bertz CT molecular complexity index is 966. The second-order valence-corrected chi connectivity index (χ2v) is 6.32. The van der Waals surface area contributed by atoms with Gasteiger partial charge in [-0.3, -0.25) is 9.98 Å². The molecular weight excluding hydrogens is 381 g/mol. The van der Waals surface area contributed by atoms with E-state index in [-0.39, 0.29) is 5.75 Å². The lowest BCUT2D eigenvalue weighted by molar-refractivity contribution is -0.153. The molecule has 2 N–H and O–H groups in total. The van der Waals surface area contributed by atoms with Crippen LogP contribution in [-0.4, -0.2) is 30.8 Å². The molecule has 0 spiro atoms.